The lowest BCUT2D eigenvalue weighted by molar-refractivity contribution is -0.121. The summed E-state index contributed by atoms with van der Waals surface area (Å²) in [6.07, 6.45) is 4.85. The summed E-state index contributed by atoms with van der Waals surface area (Å²) in [6.45, 7) is 0.520. The third kappa shape index (κ3) is 4.35. The van der Waals surface area contributed by atoms with Crippen LogP contribution in [0.1, 0.15) is 17.9 Å². The first kappa shape index (κ1) is 16.1. The van der Waals surface area contributed by atoms with E-state index >= 15 is 0 Å². The van der Waals surface area contributed by atoms with Crippen molar-refractivity contribution in [2.45, 2.75) is 19.3 Å². The third-order valence-electron chi connectivity index (χ3n) is 3.30. The van der Waals surface area contributed by atoms with Crippen molar-refractivity contribution in [1.29, 1.82) is 0 Å². The number of nitrogens with one attached hydrogen (secondary N) is 3. The van der Waals surface area contributed by atoms with Crippen LogP contribution >= 0.6 is 11.3 Å². The molecule has 1 amide bonds. The predicted octanol–water partition coefficient (Wildman–Crippen LogP) is 0.908. The van der Waals surface area contributed by atoms with Crippen LogP contribution in [0.15, 0.2) is 34.7 Å². The van der Waals surface area contributed by atoms with E-state index in [1.54, 1.807) is 23.7 Å². The zero-order valence-corrected chi connectivity index (χ0v) is 13.6. The second-order valence-electron chi connectivity index (χ2n) is 5.11. The summed E-state index contributed by atoms with van der Waals surface area (Å²) in [4.78, 5) is 33.8. The van der Waals surface area contributed by atoms with E-state index in [-0.39, 0.29) is 18.0 Å². The van der Waals surface area contributed by atoms with Gasteiger partial charge in [0.1, 0.15) is 10.8 Å². The first-order chi connectivity index (χ1) is 11.7. The normalized spacial score (nSPS) is 10.7. The van der Waals surface area contributed by atoms with Gasteiger partial charge in [-0.1, -0.05) is 0 Å². The first-order valence-corrected chi connectivity index (χ1v) is 8.34. The van der Waals surface area contributed by atoms with Crippen molar-refractivity contribution in [3.05, 3.63) is 51.9 Å². The van der Waals surface area contributed by atoms with Crippen molar-refractivity contribution < 1.29 is 4.79 Å². The van der Waals surface area contributed by atoms with E-state index in [0.29, 0.717) is 25.2 Å². The number of pyridine rings is 1. The molecule has 0 aromatic carbocycles. The maximum atomic E-state index is 11.8. The highest BCUT2D eigenvalue weighted by Crippen LogP contribution is 2.22. The molecule has 0 bridgehead atoms. The molecule has 0 aliphatic carbocycles. The van der Waals surface area contributed by atoms with Crippen molar-refractivity contribution in [2.24, 2.45) is 0 Å². The molecule has 0 saturated carbocycles. The number of aromatic nitrogens is 5. The monoisotopic (exact) mass is 344 g/mol. The van der Waals surface area contributed by atoms with Crippen molar-refractivity contribution in [3.8, 4) is 10.6 Å². The van der Waals surface area contributed by atoms with Gasteiger partial charge in [0.15, 0.2) is 0 Å². The number of nitrogens with zero attached hydrogens (tertiary/aromatic N) is 3. The minimum absolute atomic E-state index is 0.0819. The third-order valence-corrected chi connectivity index (χ3v) is 4.24. The highest BCUT2D eigenvalue weighted by molar-refractivity contribution is 7.13. The Hall–Kier alpha value is -2.81. The van der Waals surface area contributed by atoms with E-state index in [0.717, 1.165) is 16.3 Å². The van der Waals surface area contributed by atoms with Crippen LogP contribution in [0.25, 0.3) is 10.6 Å². The van der Waals surface area contributed by atoms with Gasteiger partial charge < -0.3 is 5.32 Å². The topological polar surface area (TPSA) is 116 Å². The van der Waals surface area contributed by atoms with Gasteiger partial charge in [-0.2, -0.15) is 5.10 Å². The number of rotatable bonds is 7. The molecule has 0 atom stereocenters. The molecule has 0 aliphatic heterocycles. The van der Waals surface area contributed by atoms with Crippen LogP contribution < -0.4 is 11.0 Å². The minimum Gasteiger partial charge on any atom is -0.356 e. The molecule has 24 heavy (non-hydrogen) atoms. The van der Waals surface area contributed by atoms with Gasteiger partial charge in [0.05, 0.1) is 5.69 Å². The summed E-state index contributed by atoms with van der Waals surface area (Å²) in [5.74, 6) is 0.400. The van der Waals surface area contributed by atoms with Gasteiger partial charge in [-0.15, -0.1) is 11.3 Å². The zero-order chi connectivity index (χ0) is 16.8. The Kier molecular flexibility index (Phi) is 5.12. The molecule has 0 saturated heterocycles. The summed E-state index contributed by atoms with van der Waals surface area (Å²) in [5.41, 5.74) is 1.57. The summed E-state index contributed by atoms with van der Waals surface area (Å²) < 4.78 is 0. The maximum Gasteiger partial charge on any atom is 0.340 e. The molecule has 0 fully saturated rings. The van der Waals surface area contributed by atoms with Gasteiger partial charge in [-0.25, -0.2) is 14.9 Å². The fourth-order valence-corrected chi connectivity index (χ4v) is 2.96. The van der Waals surface area contributed by atoms with Crippen LogP contribution in [-0.2, 0) is 17.6 Å². The molecule has 3 rings (SSSR count). The zero-order valence-electron chi connectivity index (χ0n) is 12.8. The number of amides is 1. The Morgan fingerprint density at radius 3 is 3.00 bits per heavy atom. The van der Waals surface area contributed by atoms with Crippen molar-refractivity contribution in [3.63, 3.8) is 0 Å². The molecule has 8 nitrogen and oxygen atoms in total. The molecule has 3 heterocycles. The molecule has 0 radical (unpaired) electrons. The van der Waals surface area contributed by atoms with Crippen LogP contribution in [0.2, 0.25) is 0 Å². The average Bonchev–Trinajstić information content (AvgIpc) is 3.23. The van der Waals surface area contributed by atoms with E-state index in [9.17, 15) is 9.59 Å². The van der Waals surface area contributed by atoms with E-state index in [1.807, 2.05) is 17.5 Å². The molecule has 3 aromatic rings. The number of aryl methyl sites for hydroxylation is 1. The molecule has 0 aliphatic rings. The van der Waals surface area contributed by atoms with Crippen LogP contribution in [-0.4, -0.2) is 37.6 Å². The van der Waals surface area contributed by atoms with Gasteiger partial charge in [-0.05, 0) is 12.1 Å². The standard InChI is InChI=1S/C15H16N6O2S/c22-13(4-3-12-19-15(23)21-20-12)17-7-5-11-9-24-14(18-11)10-2-1-6-16-8-10/h1-2,6,8-9H,3-5,7H2,(H,17,22)(H2,19,20,21,23). The van der Waals surface area contributed by atoms with E-state index in [2.05, 4.69) is 30.5 Å². The lowest BCUT2D eigenvalue weighted by Crippen LogP contribution is -2.26. The highest BCUT2D eigenvalue weighted by atomic mass is 32.1. The van der Waals surface area contributed by atoms with Gasteiger partial charge in [0.25, 0.3) is 0 Å². The van der Waals surface area contributed by atoms with E-state index < -0.39 is 0 Å². The largest absolute Gasteiger partial charge is 0.356 e. The Morgan fingerprint density at radius 2 is 2.25 bits per heavy atom. The van der Waals surface area contributed by atoms with Crippen LogP contribution in [0.4, 0.5) is 0 Å². The SMILES string of the molecule is O=C(CCc1n[nH]c(=O)[nH]1)NCCc1csc(-c2cccnc2)n1. The van der Waals surface area contributed by atoms with Crippen molar-refractivity contribution in [2.75, 3.05) is 6.54 Å². The fraction of sp³-hybridized carbons (Fsp3) is 0.267. The molecule has 3 aromatic heterocycles. The number of aromatic amines is 2. The van der Waals surface area contributed by atoms with Crippen molar-refractivity contribution >= 4 is 17.2 Å². The van der Waals surface area contributed by atoms with Gasteiger partial charge in [-0.3, -0.25) is 14.8 Å². The molecular weight excluding hydrogens is 328 g/mol. The predicted molar refractivity (Wildman–Crippen MR) is 89.6 cm³/mol. The summed E-state index contributed by atoms with van der Waals surface area (Å²) >= 11 is 1.56. The van der Waals surface area contributed by atoms with Crippen molar-refractivity contribution in [1.82, 2.24) is 30.5 Å². The molecule has 0 spiro atoms. The molecule has 3 N–H and O–H groups in total. The maximum absolute atomic E-state index is 11.8. The van der Waals surface area contributed by atoms with E-state index in [1.165, 1.54) is 0 Å². The molecule has 9 heteroatoms. The second kappa shape index (κ2) is 7.64. The Labute approximate surface area is 141 Å². The van der Waals surface area contributed by atoms with Crippen LogP contribution in [0, 0.1) is 0 Å². The highest BCUT2D eigenvalue weighted by Gasteiger charge is 2.07. The molecule has 124 valence electrons. The lowest BCUT2D eigenvalue weighted by atomic mass is 10.2. The Morgan fingerprint density at radius 1 is 1.33 bits per heavy atom. The van der Waals surface area contributed by atoms with Gasteiger partial charge in [0.2, 0.25) is 5.91 Å². The van der Waals surface area contributed by atoms with Gasteiger partial charge >= 0.3 is 5.69 Å². The number of hydrogen-bond acceptors (Lipinski definition) is 6. The second-order valence-corrected chi connectivity index (χ2v) is 5.97. The van der Waals surface area contributed by atoms with Gasteiger partial charge in [0, 0.05) is 49.1 Å². The number of carbonyl (C=O) groups excluding carboxylic acids is 1. The summed E-state index contributed by atoms with van der Waals surface area (Å²) in [7, 11) is 0. The molecule has 0 unspecified atom stereocenters. The quantitative estimate of drug-likeness (QED) is 0.589. The Bertz CT molecular complexity index is 854. The molecular formula is C15H16N6O2S. The van der Waals surface area contributed by atoms with Crippen LogP contribution in [0.5, 0.6) is 0 Å². The van der Waals surface area contributed by atoms with Crippen LogP contribution in [0.3, 0.4) is 0 Å². The summed E-state index contributed by atoms with van der Waals surface area (Å²) in [6, 6.07) is 3.85. The summed E-state index contributed by atoms with van der Waals surface area (Å²) in [5, 5.41) is 11.8. The average molecular weight is 344 g/mol. The lowest BCUT2D eigenvalue weighted by Gasteiger charge is -2.02. The smallest absolute Gasteiger partial charge is 0.340 e. The Balaban J connectivity index is 1.42. The fourth-order valence-electron chi connectivity index (χ4n) is 2.12. The number of hydrogen-bond donors (Lipinski definition) is 3. The van der Waals surface area contributed by atoms with E-state index in [4.69, 9.17) is 0 Å². The number of H-pyrrole nitrogens is 2. The number of thiazole rings is 1. The first-order valence-electron chi connectivity index (χ1n) is 7.46. The number of carbonyl (C=O) groups is 1. The minimum atomic E-state index is -0.363.